The van der Waals surface area contributed by atoms with Crippen LogP contribution in [0.1, 0.15) is 41.6 Å². The Balaban J connectivity index is 1.69. The van der Waals surface area contributed by atoms with Gasteiger partial charge in [0.2, 0.25) is 0 Å². The van der Waals surface area contributed by atoms with Gasteiger partial charge < -0.3 is 20.3 Å². The number of hydrogen-bond donors (Lipinski definition) is 1. The molecule has 2 N–H and O–H groups in total. The maximum absolute atomic E-state index is 12.6. The standard InChI is InChI=1S/C20H33N3O2/c1-22(14-15-25-2)11-3-4-17-9-12-23(13-10-17)20(24)19-7-5-18(16-21)6-8-19/h5-8,17H,3-4,9-16,21H2,1-2H3. The Morgan fingerprint density at radius 1 is 1.24 bits per heavy atom. The summed E-state index contributed by atoms with van der Waals surface area (Å²) in [5, 5.41) is 0. The lowest BCUT2D eigenvalue weighted by atomic mass is 9.91. The molecule has 5 heteroatoms. The lowest BCUT2D eigenvalue weighted by Crippen LogP contribution is -2.38. The van der Waals surface area contributed by atoms with Gasteiger partial charge in [0.05, 0.1) is 6.61 Å². The van der Waals surface area contributed by atoms with E-state index in [-0.39, 0.29) is 5.91 Å². The summed E-state index contributed by atoms with van der Waals surface area (Å²) in [7, 11) is 3.89. The van der Waals surface area contributed by atoms with Crippen LogP contribution < -0.4 is 5.73 Å². The van der Waals surface area contributed by atoms with Crippen molar-refractivity contribution in [2.45, 2.75) is 32.2 Å². The minimum absolute atomic E-state index is 0.154. The molecule has 1 amide bonds. The van der Waals surface area contributed by atoms with Gasteiger partial charge in [0, 0.05) is 38.9 Å². The molecule has 1 aromatic carbocycles. The van der Waals surface area contributed by atoms with E-state index in [1.165, 1.54) is 12.8 Å². The van der Waals surface area contributed by atoms with Crippen LogP contribution in [0.3, 0.4) is 0 Å². The van der Waals surface area contributed by atoms with Crippen molar-refractivity contribution >= 4 is 5.91 Å². The van der Waals surface area contributed by atoms with E-state index < -0.39 is 0 Å². The van der Waals surface area contributed by atoms with Crippen molar-refractivity contribution in [2.24, 2.45) is 11.7 Å². The van der Waals surface area contributed by atoms with Crippen LogP contribution in [0.4, 0.5) is 0 Å². The number of nitrogens with two attached hydrogens (primary N) is 1. The highest BCUT2D eigenvalue weighted by molar-refractivity contribution is 5.94. The van der Waals surface area contributed by atoms with E-state index in [1.807, 2.05) is 29.2 Å². The minimum Gasteiger partial charge on any atom is -0.383 e. The molecule has 1 heterocycles. The first-order chi connectivity index (χ1) is 12.1. The molecule has 140 valence electrons. The molecule has 1 fully saturated rings. The predicted octanol–water partition coefficient (Wildman–Crippen LogP) is 2.36. The lowest BCUT2D eigenvalue weighted by Gasteiger charge is -2.32. The number of methoxy groups -OCH3 is 1. The Hall–Kier alpha value is -1.43. The van der Waals surface area contributed by atoms with E-state index in [2.05, 4.69) is 11.9 Å². The van der Waals surface area contributed by atoms with Crippen molar-refractivity contribution in [3.63, 3.8) is 0 Å². The van der Waals surface area contributed by atoms with Crippen molar-refractivity contribution in [2.75, 3.05) is 46.9 Å². The molecule has 0 radical (unpaired) electrons. The van der Waals surface area contributed by atoms with Crippen molar-refractivity contribution in [1.82, 2.24) is 9.80 Å². The number of benzene rings is 1. The summed E-state index contributed by atoms with van der Waals surface area (Å²) < 4.78 is 5.11. The van der Waals surface area contributed by atoms with Crippen LogP contribution in [0.25, 0.3) is 0 Å². The first-order valence-corrected chi connectivity index (χ1v) is 9.39. The zero-order valence-corrected chi connectivity index (χ0v) is 15.7. The van der Waals surface area contributed by atoms with Gasteiger partial charge in [0.1, 0.15) is 0 Å². The first kappa shape index (κ1) is 19.9. The number of ether oxygens (including phenoxy) is 1. The Labute approximate surface area is 152 Å². The average molecular weight is 348 g/mol. The third-order valence-electron chi connectivity index (χ3n) is 5.17. The van der Waals surface area contributed by atoms with Gasteiger partial charge in [-0.3, -0.25) is 4.79 Å². The maximum atomic E-state index is 12.6. The molecule has 1 aliphatic heterocycles. The quantitative estimate of drug-likeness (QED) is 0.745. The van der Waals surface area contributed by atoms with Crippen LogP contribution in [-0.4, -0.2) is 62.7 Å². The van der Waals surface area contributed by atoms with Crippen LogP contribution in [-0.2, 0) is 11.3 Å². The molecule has 0 unspecified atom stereocenters. The molecule has 0 saturated carbocycles. The highest BCUT2D eigenvalue weighted by Gasteiger charge is 2.23. The highest BCUT2D eigenvalue weighted by Crippen LogP contribution is 2.23. The molecular formula is C20H33N3O2. The molecular weight excluding hydrogens is 314 g/mol. The Morgan fingerprint density at radius 2 is 1.92 bits per heavy atom. The number of amides is 1. The van der Waals surface area contributed by atoms with Gasteiger partial charge in [0.15, 0.2) is 0 Å². The van der Waals surface area contributed by atoms with E-state index in [0.29, 0.717) is 6.54 Å². The van der Waals surface area contributed by atoms with Gasteiger partial charge in [-0.05, 0) is 62.9 Å². The van der Waals surface area contributed by atoms with Gasteiger partial charge >= 0.3 is 0 Å². The molecule has 1 aliphatic rings. The van der Waals surface area contributed by atoms with Crippen molar-refractivity contribution < 1.29 is 9.53 Å². The number of piperidine rings is 1. The predicted molar refractivity (Wildman–Crippen MR) is 102 cm³/mol. The molecule has 5 nitrogen and oxygen atoms in total. The van der Waals surface area contributed by atoms with Crippen LogP contribution in [0.15, 0.2) is 24.3 Å². The summed E-state index contributed by atoms with van der Waals surface area (Å²) in [6.07, 6.45) is 4.72. The molecule has 25 heavy (non-hydrogen) atoms. The lowest BCUT2D eigenvalue weighted by molar-refractivity contribution is 0.0684. The summed E-state index contributed by atoms with van der Waals surface area (Å²) in [5.41, 5.74) is 7.45. The van der Waals surface area contributed by atoms with E-state index in [4.69, 9.17) is 10.5 Å². The number of carbonyl (C=O) groups excluding carboxylic acids is 1. The number of carbonyl (C=O) groups is 1. The van der Waals surface area contributed by atoms with E-state index in [1.54, 1.807) is 7.11 Å². The summed E-state index contributed by atoms with van der Waals surface area (Å²) in [6.45, 7) is 5.18. The van der Waals surface area contributed by atoms with E-state index in [0.717, 1.165) is 62.7 Å². The van der Waals surface area contributed by atoms with Crippen molar-refractivity contribution in [3.05, 3.63) is 35.4 Å². The van der Waals surface area contributed by atoms with Gasteiger partial charge in [-0.25, -0.2) is 0 Å². The average Bonchev–Trinajstić information content (AvgIpc) is 2.66. The molecule has 0 aliphatic carbocycles. The normalized spacial score (nSPS) is 15.8. The van der Waals surface area contributed by atoms with Crippen LogP contribution in [0.5, 0.6) is 0 Å². The fourth-order valence-corrected chi connectivity index (χ4v) is 3.40. The van der Waals surface area contributed by atoms with Gasteiger partial charge in [0.25, 0.3) is 5.91 Å². The monoisotopic (exact) mass is 347 g/mol. The maximum Gasteiger partial charge on any atom is 0.253 e. The molecule has 0 bridgehead atoms. The zero-order valence-electron chi connectivity index (χ0n) is 15.7. The second-order valence-corrected chi connectivity index (χ2v) is 7.07. The third kappa shape index (κ3) is 6.42. The topological polar surface area (TPSA) is 58.8 Å². The summed E-state index contributed by atoms with van der Waals surface area (Å²) in [5.74, 6) is 0.904. The Kier molecular flexibility index (Phi) is 8.38. The fraction of sp³-hybridized carbons (Fsp3) is 0.650. The number of nitrogens with zero attached hydrogens (tertiary/aromatic N) is 2. The van der Waals surface area contributed by atoms with E-state index in [9.17, 15) is 4.79 Å². The van der Waals surface area contributed by atoms with Gasteiger partial charge in [-0.1, -0.05) is 12.1 Å². The molecule has 0 spiro atoms. The second kappa shape index (κ2) is 10.5. The third-order valence-corrected chi connectivity index (χ3v) is 5.17. The number of likely N-dealkylation sites (N-methyl/N-ethyl adjacent to an activating group) is 1. The van der Waals surface area contributed by atoms with Gasteiger partial charge in [-0.2, -0.15) is 0 Å². The van der Waals surface area contributed by atoms with Gasteiger partial charge in [-0.15, -0.1) is 0 Å². The number of rotatable bonds is 9. The fourth-order valence-electron chi connectivity index (χ4n) is 3.40. The van der Waals surface area contributed by atoms with Crippen LogP contribution in [0, 0.1) is 5.92 Å². The first-order valence-electron chi connectivity index (χ1n) is 9.39. The molecule has 2 rings (SSSR count). The van der Waals surface area contributed by atoms with E-state index >= 15 is 0 Å². The molecule has 0 aromatic heterocycles. The van der Waals surface area contributed by atoms with Crippen molar-refractivity contribution in [3.8, 4) is 0 Å². The Bertz CT molecular complexity index is 510. The SMILES string of the molecule is COCCN(C)CCCC1CCN(C(=O)c2ccc(CN)cc2)CC1. The smallest absolute Gasteiger partial charge is 0.253 e. The zero-order chi connectivity index (χ0) is 18.1. The minimum atomic E-state index is 0.154. The summed E-state index contributed by atoms with van der Waals surface area (Å²) in [6, 6.07) is 7.68. The molecule has 1 aromatic rings. The largest absolute Gasteiger partial charge is 0.383 e. The van der Waals surface area contributed by atoms with Crippen LogP contribution in [0.2, 0.25) is 0 Å². The second-order valence-electron chi connectivity index (χ2n) is 7.07. The number of hydrogen-bond acceptors (Lipinski definition) is 4. The van der Waals surface area contributed by atoms with Crippen LogP contribution >= 0.6 is 0 Å². The Morgan fingerprint density at radius 3 is 2.52 bits per heavy atom. The summed E-state index contributed by atoms with van der Waals surface area (Å²) in [4.78, 5) is 16.9. The molecule has 1 saturated heterocycles. The molecule has 0 atom stereocenters. The highest BCUT2D eigenvalue weighted by atomic mass is 16.5. The number of likely N-dealkylation sites (tertiary alicyclic amines) is 1. The van der Waals surface area contributed by atoms with Crippen molar-refractivity contribution in [1.29, 1.82) is 0 Å². The summed E-state index contributed by atoms with van der Waals surface area (Å²) >= 11 is 0.